The van der Waals surface area contributed by atoms with Crippen molar-refractivity contribution >= 4 is 51.9 Å². The first-order valence-electron chi connectivity index (χ1n) is 8.91. The van der Waals surface area contributed by atoms with E-state index in [0.717, 1.165) is 12.1 Å². The number of carbonyl (C=O) groups excluding carboxylic acids is 1. The minimum absolute atomic E-state index is 0.0709. The molecule has 0 saturated heterocycles. The number of benzene rings is 2. The quantitative estimate of drug-likeness (QED) is 0.358. The number of hydrogen-bond acceptors (Lipinski definition) is 5. The fourth-order valence-electron chi connectivity index (χ4n) is 2.83. The van der Waals surface area contributed by atoms with Crippen molar-refractivity contribution in [1.29, 1.82) is 0 Å². The molecule has 2 aromatic carbocycles. The Hall–Kier alpha value is -2.03. The average Bonchev–Trinajstić information content (AvgIpc) is 2.68. The van der Waals surface area contributed by atoms with Gasteiger partial charge in [0.1, 0.15) is 0 Å². The lowest BCUT2D eigenvalue weighted by atomic mass is 9.80. The highest BCUT2D eigenvalue weighted by atomic mass is 35.5. The monoisotopic (exact) mass is 474 g/mol. The molecule has 0 radical (unpaired) electrons. The first-order valence-corrected chi connectivity index (χ1v) is 10.1. The van der Waals surface area contributed by atoms with Crippen molar-refractivity contribution in [3.05, 3.63) is 70.2 Å². The number of alkyl halides is 3. The molecule has 0 unspecified atom stereocenters. The van der Waals surface area contributed by atoms with Gasteiger partial charge in [-0.1, -0.05) is 35.9 Å². The Balaban J connectivity index is 2.56. The van der Waals surface area contributed by atoms with Crippen molar-refractivity contribution in [1.82, 2.24) is 0 Å². The number of halogens is 4. The summed E-state index contributed by atoms with van der Waals surface area (Å²) in [5, 5.41) is -1.05. The van der Waals surface area contributed by atoms with Gasteiger partial charge in [-0.3, -0.25) is 4.79 Å². The molecule has 0 heterocycles. The lowest BCUT2D eigenvalue weighted by Gasteiger charge is -2.35. The second kappa shape index (κ2) is 9.85. The highest BCUT2D eigenvalue weighted by Gasteiger charge is 2.64. The molecule has 0 atom stereocenters. The van der Waals surface area contributed by atoms with E-state index in [4.69, 9.17) is 45.5 Å². The number of ketones is 1. The van der Waals surface area contributed by atoms with Crippen LogP contribution < -0.4 is 0 Å². The summed E-state index contributed by atoms with van der Waals surface area (Å²) in [4.78, 5) is 12.6. The van der Waals surface area contributed by atoms with Crippen molar-refractivity contribution in [3.63, 3.8) is 0 Å². The van der Waals surface area contributed by atoms with Crippen molar-refractivity contribution < 1.29 is 27.4 Å². The Morgan fingerprint density at radius 1 is 0.867 bits per heavy atom. The van der Waals surface area contributed by atoms with E-state index >= 15 is 0 Å². The van der Waals surface area contributed by atoms with Crippen LogP contribution in [0.4, 0.5) is 13.2 Å². The minimum Gasteiger partial charge on any atom is -0.486 e. The molecule has 30 heavy (non-hydrogen) atoms. The Morgan fingerprint density at radius 3 is 1.63 bits per heavy atom. The molecule has 3 nitrogen and oxygen atoms in total. The maximum absolute atomic E-state index is 14.4. The van der Waals surface area contributed by atoms with E-state index in [-0.39, 0.29) is 30.1 Å². The third-order valence-corrected chi connectivity index (χ3v) is 5.38. The molecule has 0 aliphatic heterocycles. The minimum atomic E-state index is -4.92. The molecule has 160 valence electrons. The van der Waals surface area contributed by atoms with Crippen molar-refractivity contribution in [2.45, 2.75) is 25.4 Å². The van der Waals surface area contributed by atoms with Crippen LogP contribution in [-0.2, 0) is 14.9 Å². The van der Waals surface area contributed by atoms with Gasteiger partial charge in [0, 0.05) is 16.1 Å². The van der Waals surface area contributed by atoms with Crippen molar-refractivity contribution in [2.24, 2.45) is 0 Å². The SMILES string of the molecule is CCOC(=S)C(C(=S)OCC)(c1ccc(C(=O)c2ccc(Cl)cc2)cc1)C(F)(F)F. The smallest absolute Gasteiger partial charge is 0.414 e. The van der Waals surface area contributed by atoms with Gasteiger partial charge >= 0.3 is 6.18 Å². The van der Waals surface area contributed by atoms with Gasteiger partial charge < -0.3 is 9.47 Å². The second-order valence-corrected chi connectivity index (χ2v) is 7.28. The van der Waals surface area contributed by atoms with Crippen LogP contribution in [-0.4, -0.2) is 35.3 Å². The first-order chi connectivity index (χ1) is 14.1. The van der Waals surface area contributed by atoms with Crippen LogP contribution in [0.25, 0.3) is 0 Å². The molecule has 0 N–H and O–H groups in total. The molecular weight excluding hydrogens is 457 g/mol. The Labute approximate surface area is 188 Å². The topological polar surface area (TPSA) is 35.5 Å². The van der Waals surface area contributed by atoms with Crippen LogP contribution in [0.3, 0.4) is 0 Å². The van der Waals surface area contributed by atoms with E-state index < -0.39 is 21.7 Å². The van der Waals surface area contributed by atoms with Gasteiger partial charge in [-0.05, 0) is 68.1 Å². The molecule has 0 aliphatic carbocycles. The third kappa shape index (κ3) is 4.66. The van der Waals surface area contributed by atoms with Gasteiger partial charge in [0.2, 0.25) is 5.41 Å². The number of carbonyl (C=O) groups is 1. The van der Waals surface area contributed by atoms with E-state index in [1.807, 2.05) is 0 Å². The van der Waals surface area contributed by atoms with Crippen LogP contribution in [0.15, 0.2) is 48.5 Å². The molecule has 0 saturated carbocycles. The van der Waals surface area contributed by atoms with Crippen LogP contribution in [0, 0.1) is 0 Å². The summed E-state index contributed by atoms with van der Waals surface area (Å²) in [6.07, 6.45) is -4.92. The number of rotatable bonds is 7. The second-order valence-electron chi connectivity index (χ2n) is 6.10. The van der Waals surface area contributed by atoms with Crippen LogP contribution in [0.2, 0.25) is 5.02 Å². The van der Waals surface area contributed by atoms with Gasteiger partial charge in [0.05, 0.1) is 13.2 Å². The molecule has 0 fully saturated rings. The van der Waals surface area contributed by atoms with Gasteiger partial charge in [-0.2, -0.15) is 13.2 Å². The fraction of sp³-hybridized carbons (Fsp3) is 0.286. The highest BCUT2D eigenvalue weighted by molar-refractivity contribution is 7.82. The summed E-state index contributed by atoms with van der Waals surface area (Å²) < 4.78 is 53.2. The summed E-state index contributed by atoms with van der Waals surface area (Å²) in [5.74, 6) is -0.365. The summed E-state index contributed by atoms with van der Waals surface area (Å²) in [6, 6.07) is 11.1. The van der Waals surface area contributed by atoms with Crippen molar-refractivity contribution in [3.8, 4) is 0 Å². The van der Waals surface area contributed by atoms with E-state index in [1.165, 1.54) is 38.1 Å². The average molecular weight is 475 g/mol. The van der Waals surface area contributed by atoms with Gasteiger partial charge in [-0.25, -0.2) is 0 Å². The van der Waals surface area contributed by atoms with Crippen LogP contribution in [0.5, 0.6) is 0 Å². The zero-order chi connectivity index (χ0) is 22.5. The van der Waals surface area contributed by atoms with Gasteiger partial charge in [0.25, 0.3) is 0 Å². The van der Waals surface area contributed by atoms with E-state index in [2.05, 4.69) is 0 Å². The fourth-order valence-corrected chi connectivity index (χ4v) is 3.91. The molecule has 9 heteroatoms. The van der Waals surface area contributed by atoms with E-state index in [0.29, 0.717) is 10.6 Å². The maximum atomic E-state index is 14.4. The Bertz CT molecular complexity index is 908. The summed E-state index contributed by atoms with van der Waals surface area (Å²) in [7, 11) is 0. The highest BCUT2D eigenvalue weighted by Crippen LogP contribution is 2.45. The largest absolute Gasteiger partial charge is 0.486 e. The predicted octanol–water partition coefficient (Wildman–Crippen LogP) is 6.10. The molecule has 2 rings (SSSR count). The maximum Gasteiger partial charge on any atom is 0.414 e. The van der Waals surface area contributed by atoms with Crippen LogP contribution in [0.1, 0.15) is 35.3 Å². The summed E-state index contributed by atoms with van der Waals surface area (Å²) in [5.41, 5.74) is -2.67. The molecule has 0 spiro atoms. The van der Waals surface area contributed by atoms with Gasteiger partial charge in [-0.15, -0.1) is 0 Å². The molecule has 0 bridgehead atoms. The summed E-state index contributed by atoms with van der Waals surface area (Å²) in [6.45, 7) is 2.90. The van der Waals surface area contributed by atoms with Gasteiger partial charge in [0.15, 0.2) is 15.9 Å². The number of hydrogen-bond donors (Lipinski definition) is 0. The number of ether oxygens (including phenoxy) is 2. The normalized spacial score (nSPS) is 11.7. The molecule has 0 aliphatic rings. The third-order valence-electron chi connectivity index (χ3n) is 4.27. The van der Waals surface area contributed by atoms with E-state index in [9.17, 15) is 18.0 Å². The molecule has 0 aromatic heterocycles. The lowest BCUT2D eigenvalue weighted by Crippen LogP contribution is -2.55. The standard InChI is InChI=1S/C21H18ClF3O3S2/c1-3-27-18(29)20(21(23,24)25,19(30)28-4-2)15-9-5-13(6-10-15)17(26)14-7-11-16(22)12-8-14/h5-12H,3-4H2,1-2H3. The molecule has 0 amide bonds. The number of thiocarbonyl (C=S) groups is 2. The lowest BCUT2D eigenvalue weighted by molar-refractivity contribution is -0.157. The Morgan fingerprint density at radius 2 is 1.27 bits per heavy atom. The zero-order valence-electron chi connectivity index (χ0n) is 16.1. The molecule has 2 aromatic rings. The summed E-state index contributed by atoms with van der Waals surface area (Å²) >= 11 is 15.8. The Kier molecular flexibility index (Phi) is 7.96. The molecular formula is C21H18ClF3O3S2. The first kappa shape index (κ1) is 24.2. The van der Waals surface area contributed by atoms with E-state index in [1.54, 1.807) is 12.1 Å². The zero-order valence-corrected chi connectivity index (χ0v) is 18.5. The van der Waals surface area contributed by atoms with Crippen molar-refractivity contribution in [2.75, 3.05) is 13.2 Å². The van der Waals surface area contributed by atoms with Crippen LogP contribution >= 0.6 is 36.0 Å². The predicted molar refractivity (Wildman–Crippen MR) is 118 cm³/mol.